The van der Waals surface area contributed by atoms with Gasteiger partial charge in [0.15, 0.2) is 5.82 Å². The number of benzene rings is 1. The molecule has 2 heterocycles. The Morgan fingerprint density at radius 2 is 1.91 bits per heavy atom. The zero-order valence-corrected chi connectivity index (χ0v) is 12.1. The molecule has 5 nitrogen and oxygen atoms in total. The van der Waals surface area contributed by atoms with Crippen LogP contribution in [0.1, 0.15) is 19.4 Å². The summed E-state index contributed by atoms with van der Waals surface area (Å²) in [5.41, 5.74) is -0.0561. The minimum atomic E-state index is -4.46. The Labute approximate surface area is 124 Å². The maximum atomic E-state index is 13.2. The molecule has 0 aliphatic heterocycles. The Balaban J connectivity index is 2.43. The molecule has 1 aromatic carbocycles. The van der Waals surface area contributed by atoms with Crippen LogP contribution in [0.5, 0.6) is 0 Å². The average molecular weight is 309 g/mol. The molecule has 0 N–H and O–H groups in total. The summed E-state index contributed by atoms with van der Waals surface area (Å²) in [6.45, 7) is 5.06. The van der Waals surface area contributed by atoms with E-state index in [9.17, 15) is 13.2 Å². The summed E-state index contributed by atoms with van der Waals surface area (Å²) in [7, 11) is 0. The molecule has 0 unspecified atom stereocenters. The molecule has 22 heavy (non-hydrogen) atoms. The van der Waals surface area contributed by atoms with Crippen LogP contribution in [-0.2, 0) is 6.18 Å². The molecule has 0 spiro atoms. The SMILES string of the molecule is CCN(CC)c1nc2c(C(F)(F)F)cccc2n2cnnc12. The Bertz CT molecular complexity index is 820. The zero-order chi connectivity index (χ0) is 15.9. The third-order valence-corrected chi connectivity index (χ3v) is 3.61. The van der Waals surface area contributed by atoms with Crippen molar-refractivity contribution < 1.29 is 13.2 Å². The van der Waals surface area contributed by atoms with Gasteiger partial charge in [-0.1, -0.05) is 6.07 Å². The molecule has 3 aromatic rings. The van der Waals surface area contributed by atoms with Gasteiger partial charge in [0.05, 0.1) is 11.1 Å². The monoisotopic (exact) mass is 309 g/mol. The van der Waals surface area contributed by atoms with Crippen LogP contribution < -0.4 is 4.90 Å². The quantitative estimate of drug-likeness (QED) is 0.745. The van der Waals surface area contributed by atoms with Crippen LogP contribution in [0, 0.1) is 0 Å². The number of hydrogen-bond donors (Lipinski definition) is 0. The van der Waals surface area contributed by atoms with Crippen LogP contribution in [0.15, 0.2) is 24.5 Å². The van der Waals surface area contributed by atoms with Crippen molar-refractivity contribution in [3.63, 3.8) is 0 Å². The molecule has 0 radical (unpaired) electrons. The minimum Gasteiger partial charge on any atom is -0.354 e. The first-order valence-electron chi connectivity index (χ1n) is 6.92. The van der Waals surface area contributed by atoms with Crippen molar-refractivity contribution in [2.24, 2.45) is 0 Å². The lowest BCUT2D eigenvalue weighted by Crippen LogP contribution is -2.24. The van der Waals surface area contributed by atoms with Crippen molar-refractivity contribution in [3.8, 4) is 0 Å². The number of para-hydroxylation sites is 1. The molecule has 0 aliphatic rings. The van der Waals surface area contributed by atoms with E-state index >= 15 is 0 Å². The normalized spacial score (nSPS) is 12.2. The first kappa shape index (κ1) is 14.6. The molecule has 3 rings (SSSR count). The average Bonchev–Trinajstić information content (AvgIpc) is 2.96. The summed E-state index contributed by atoms with van der Waals surface area (Å²) < 4.78 is 41.3. The highest BCUT2D eigenvalue weighted by Gasteiger charge is 2.34. The van der Waals surface area contributed by atoms with Gasteiger partial charge in [-0.3, -0.25) is 4.40 Å². The number of hydrogen-bond acceptors (Lipinski definition) is 4. The van der Waals surface area contributed by atoms with E-state index in [2.05, 4.69) is 15.2 Å². The van der Waals surface area contributed by atoms with Gasteiger partial charge in [-0.2, -0.15) is 13.2 Å². The van der Waals surface area contributed by atoms with E-state index in [-0.39, 0.29) is 5.52 Å². The maximum absolute atomic E-state index is 13.2. The van der Waals surface area contributed by atoms with E-state index in [1.54, 1.807) is 10.5 Å². The summed E-state index contributed by atoms with van der Waals surface area (Å²) in [5, 5.41) is 7.82. The molecule has 0 bridgehead atoms. The Kier molecular flexibility index (Phi) is 3.38. The summed E-state index contributed by atoms with van der Waals surface area (Å²) in [4.78, 5) is 6.12. The van der Waals surface area contributed by atoms with E-state index in [1.165, 1.54) is 12.4 Å². The van der Waals surface area contributed by atoms with Gasteiger partial charge in [-0.05, 0) is 26.0 Å². The number of anilines is 1. The van der Waals surface area contributed by atoms with Crippen LogP contribution >= 0.6 is 0 Å². The van der Waals surface area contributed by atoms with Crippen LogP contribution in [0.3, 0.4) is 0 Å². The number of rotatable bonds is 3. The van der Waals surface area contributed by atoms with Crippen molar-refractivity contribution in [2.45, 2.75) is 20.0 Å². The Hall–Kier alpha value is -2.38. The largest absolute Gasteiger partial charge is 0.418 e. The smallest absolute Gasteiger partial charge is 0.354 e. The molecule has 8 heteroatoms. The van der Waals surface area contributed by atoms with Crippen molar-refractivity contribution in [2.75, 3.05) is 18.0 Å². The van der Waals surface area contributed by atoms with E-state index < -0.39 is 11.7 Å². The topological polar surface area (TPSA) is 46.3 Å². The third-order valence-electron chi connectivity index (χ3n) is 3.61. The van der Waals surface area contributed by atoms with Gasteiger partial charge in [0, 0.05) is 13.1 Å². The second-order valence-corrected chi connectivity index (χ2v) is 4.80. The van der Waals surface area contributed by atoms with E-state index in [1.807, 2.05) is 18.7 Å². The van der Waals surface area contributed by atoms with Crippen molar-refractivity contribution in [1.82, 2.24) is 19.6 Å². The summed E-state index contributed by atoms with van der Waals surface area (Å²) in [6.07, 6.45) is -3.05. The number of nitrogens with zero attached hydrogens (tertiary/aromatic N) is 5. The molecule has 0 saturated heterocycles. The summed E-state index contributed by atoms with van der Waals surface area (Å²) in [6, 6.07) is 3.99. The second-order valence-electron chi connectivity index (χ2n) is 4.80. The van der Waals surface area contributed by atoms with Crippen molar-refractivity contribution in [3.05, 3.63) is 30.1 Å². The maximum Gasteiger partial charge on any atom is 0.418 e. The number of halogens is 3. The van der Waals surface area contributed by atoms with Gasteiger partial charge >= 0.3 is 6.18 Å². The highest BCUT2D eigenvalue weighted by Crippen LogP contribution is 2.35. The lowest BCUT2D eigenvalue weighted by molar-refractivity contribution is -0.136. The zero-order valence-electron chi connectivity index (χ0n) is 12.1. The van der Waals surface area contributed by atoms with E-state index in [4.69, 9.17) is 0 Å². The molecular weight excluding hydrogens is 295 g/mol. The summed E-state index contributed by atoms with van der Waals surface area (Å²) >= 11 is 0. The predicted octanol–water partition coefficient (Wildman–Crippen LogP) is 3.14. The van der Waals surface area contributed by atoms with Gasteiger partial charge in [0.2, 0.25) is 5.65 Å². The minimum absolute atomic E-state index is 0.0933. The van der Waals surface area contributed by atoms with Crippen molar-refractivity contribution >= 4 is 22.5 Å². The number of fused-ring (bicyclic) bond motifs is 3. The Morgan fingerprint density at radius 1 is 1.18 bits per heavy atom. The molecule has 0 saturated carbocycles. The molecule has 0 atom stereocenters. The van der Waals surface area contributed by atoms with Gasteiger partial charge in [0.25, 0.3) is 0 Å². The second kappa shape index (κ2) is 5.11. The molecule has 0 fully saturated rings. The lowest BCUT2D eigenvalue weighted by Gasteiger charge is -2.21. The fourth-order valence-corrected chi connectivity index (χ4v) is 2.53. The predicted molar refractivity (Wildman–Crippen MR) is 76.9 cm³/mol. The van der Waals surface area contributed by atoms with E-state index in [0.717, 1.165) is 6.07 Å². The molecule has 0 amide bonds. The number of alkyl halides is 3. The first-order chi connectivity index (χ1) is 10.5. The standard InChI is InChI=1S/C14H14F3N5/c1-3-21(4-2)12-13-20-18-8-22(13)10-7-5-6-9(11(10)19-12)14(15,16)17/h5-8H,3-4H2,1-2H3. The number of aromatic nitrogens is 4. The fourth-order valence-electron chi connectivity index (χ4n) is 2.53. The van der Waals surface area contributed by atoms with Gasteiger partial charge in [-0.15, -0.1) is 10.2 Å². The van der Waals surface area contributed by atoms with E-state index in [0.29, 0.717) is 30.1 Å². The van der Waals surface area contributed by atoms with Gasteiger partial charge in [0.1, 0.15) is 11.8 Å². The van der Waals surface area contributed by atoms with Crippen LogP contribution in [0.4, 0.5) is 19.0 Å². The van der Waals surface area contributed by atoms with Crippen molar-refractivity contribution in [1.29, 1.82) is 0 Å². The first-order valence-corrected chi connectivity index (χ1v) is 6.92. The van der Waals surface area contributed by atoms with Gasteiger partial charge < -0.3 is 4.90 Å². The molecule has 2 aromatic heterocycles. The van der Waals surface area contributed by atoms with Crippen LogP contribution in [-0.4, -0.2) is 32.7 Å². The third kappa shape index (κ3) is 2.15. The molecule has 0 aliphatic carbocycles. The lowest BCUT2D eigenvalue weighted by atomic mass is 10.1. The molecular formula is C14H14F3N5. The summed E-state index contributed by atoms with van der Waals surface area (Å²) in [5.74, 6) is 0.409. The van der Waals surface area contributed by atoms with Gasteiger partial charge in [-0.25, -0.2) is 4.98 Å². The highest BCUT2D eigenvalue weighted by atomic mass is 19.4. The Morgan fingerprint density at radius 3 is 2.55 bits per heavy atom. The van der Waals surface area contributed by atoms with Crippen LogP contribution in [0.25, 0.3) is 16.7 Å². The fraction of sp³-hybridized carbons (Fsp3) is 0.357. The molecule has 116 valence electrons. The van der Waals surface area contributed by atoms with Crippen LogP contribution in [0.2, 0.25) is 0 Å². The highest BCUT2D eigenvalue weighted by molar-refractivity contribution is 5.85.